The number of carbonyl (C=O) groups excluding carboxylic acids is 1. The molecule has 146 valence electrons. The molecule has 3 rings (SSSR count). The van der Waals surface area contributed by atoms with Gasteiger partial charge in [0.15, 0.2) is 6.61 Å². The van der Waals surface area contributed by atoms with E-state index in [4.69, 9.17) is 4.74 Å². The molecule has 1 aliphatic rings. The maximum absolute atomic E-state index is 12.4. The van der Waals surface area contributed by atoms with E-state index in [2.05, 4.69) is 53.7 Å². The largest absolute Gasteiger partial charge is 0.483 e. The van der Waals surface area contributed by atoms with Crippen LogP contribution in [0.25, 0.3) is 0 Å². The van der Waals surface area contributed by atoms with Crippen LogP contribution >= 0.6 is 11.3 Å². The fraction of sp³-hybridized carbons (Fsp3) is 0.500. The summed E-state index contributed by atoms with van der Waals surface area (Å²) in [6.45, 7) is 9.22. The third kappa shape index (κ3) is 5.33. The van der Waals surface area contributed by atoms with Crippen molar-refractivity contribution in [3.05, 3.63) is 51.7 Å². The molecule has 0 bridgehead atoms. The zero-order chi connectivity index (χ0) is 19.2. The predicted molar refractivity (Wildman–Crippen MR) is 112 cm³/mol. The van der Waals surface area contributed by atoms with Crippen LogP contribution in [0, 0.1) is 6.92 Å². The summed E-state index contributed by atoms with van der Waals surface area (Å²) in [6, 6.07) is 10.7. The van der Waals surface area contributed by atoms with Crippen LogP contribution in [0.3, 0.4) is 0 Å². The predicted octanol–water partition coefficient (Wildman–Crippen LogP) is 4.51. The van der Waals surface area contributed by atoms with Gasteiger partial charge in [0, 0.05) is 11.4 Å². The van der Waals surface area contributed by atoms with E-state index in [0.29, 0.717) is 12.5 Å². The second-order valence-electron chi connectivity index (χ2n) is 7.56. The minimum Gasteiger partial charge on any atom is -0.483 e. The first kappa shape index (κ1) is 19.9. The molecule has 2 aromatic rings. The Bertz CT molecular complexity index is 737. The van der Waals surface area contributed by atoms with Crippen molar-refractivity contribution < 1.29 is 9.53 Å². The zero-order valence-corrected chi connectivity index (χ0v) is 17.3. The Morgan fingerprint density at radius 3 is 2.70 bits per heavy atom. The number of aryl methyl sites for hydroxylation is 1. The van der Waals surface area contributed by atoms with E-state index in [1.165, 1.54) is 17.7 Å². The molecule has 0 unspecified atom stereocenters. The molecule has 27 heavy (non-hydrogen) atoms. The number of amides is 1. The van der Waals surface area contributed by atoms with Gasteiger partial charge in [0.2, 0.25) is 0 Å². The van der Waals surface area contributed by atoms with Crippen molar-refractivity contribution in [3.8, 4) is 5.75 Å². The van der Waals surface area contributed by atoms with E-state index in [0.717, 1.165) is 30.0 Å². The van der Waals surface area contributed by atoms with Crippen LogP contribution in [0.15, 0.2) is 35.7 Å². The summed E-state index contributed by atoms with van der Waals surface area (Å²) >= 11 is 1.76. The van der Waals surface area contributed by atoms with Crippen LogP contribution < -0.4 is 10.1 Å². The van der Waals surface area contributed by atoms with Crippen molar-refractivity contribution in [1.29, 1.82) is 0 Å². The smallest absolute Gasteiger partial charge is 0.258 e. The van der Waals surface area contributed by atoms with E-state index in [-0.39, 0.29) is 18.6 Å². The number of carbonyl (C=O) groups is 1. The van der Waals surface area contributed by atoms with Crippen molar-refractivity contribution in [2.24, 2.45) is 0 Å². The molecule has 0 aliphatic carbocycles. The summed E-state index contributed by atoms with van der Waals surface area (Å²) in [5.74, 6) is 1.11. The Labute approximate surface area is 166 Å². The molecule has 1 fully saturated rings. The Kier molecular flexibility index (Phi) is 6.91. The minimum absolute atomic E-state index is 0.0559. The molecule has 1 N–H and O–H groups in total. The van der Waals surface area contributed by atoms with E-state index in [1.54, 1.807) is 11.3 Å². The topological polar surface area (TPSA) is 41.6 Å². The SMILES string of the molecule is Cc1ccc(C(C)C)c(OCC(=O)NC[C@H](c2cccs2)N2CCCC2)c1. The molecule has 2 heterocycles. The summed E-state index contributed by atoms with van der Waals surface area (Å²) in [7, 11) is 0. The van der Waals surface area contributed by atoms with Gasteiger partial charge in [-0.15, -0.1) is 11.3 Å². The first-order valence-electron chi connectivity index (χ1n) is 9.82. The molecule has 1 aliphatic heterocycles. The summed E-state index contributed by atoms with van der Waals surface area (Å²) in [5.41, 5.74) is 2.28. The lowest BCUT2D eigenvalue weighted by atomic mass is 10.0. The lowest BCUT2D eigenvalue weighted by Crippen LogP contribution is -2.38. The molecule has 4 nitrogen and oxygen atoms in total. The molecule has 0 spiro atoms. The van der Waals surface area contributed by atoms with Crippen LogP contribution in [-0.2, 0) is 4.79 Å². The van der Waals surface area contributed by atoms with Crippen molar-refractivity contribution in [2.45, 2.75) is 45.6 Å². The number of likely N-dealkylation sites (tertiary alicyclic amines) is 1. The minimum atomic E-state index is -0.0630. The van der Waals surface area contributed by atoms with Crippen molar-refractivity contribution >= 4 is 17.2 Å². The third-order valence-electron chi connectivity index (χ3n) is 5.10. The van der Waals surface area contributed by atoms with Gasteiger partial charge in [0.1, 0.15) is 5.75 Å². The Balaban J connectivity index is 1.57. The third-order valence-corrected chi connectivity index (χ3v) is 6.07. The van der Waals surface area contributed by atoms with Crippen molar-refractivity contribution in [1.82, 2.24) is 10.2 Å². The molecule has 0 saturated carbocycles. The summed E-state index contributed by atoms with van der Waals surface area (Å²) < 4.78 is 5.87. The average Bonchev–Trinajstić information content (AvgIpc) is 3.34. The summed E-state index contributed by atoms with van der Waals surface area (Å²) in [5, 5.41) is 5.19. The fourth-order valence-electron chi connectivity index (χ4n) is 3.59. The molecule has 1 aromatic carbocycles. The Morgan fingerprint density at radius 1 is 1.26 bits per heavy atom. The second-order valence-corrected chi connectivity index (χ2v) is 8.54. The Morgan fingerprint density at radius 2 is 2.04 bits per heavy atom. The van der Waals surface area contributed by atoms with Crippen LogP contribution in [-0.4, -0.2) is 37.0 Å². The Hall–Kier alpha value is -1.85. The number of ether oxygens (including phenoxy) is 1. The maximum atomic E-state index is 12.4. The molecular weight excluding hydrogens is 356 g/mol. The number of benzene rings is 1. The summed E-state index contributed by atoms with van der Waals surface area (Å²) in [6.07, 6.45) is 2.48. The fourth-order valence-corrected chi connectivity index (χ4v) is 4.45. The van der Waals surface area contributed by atoms with Gasteiger partial charge < -0.3 is 10.1 Å². The van der Waals surface area contributed by atoms with Gasteiger partial charge in [-0.3, -0.25) is 9.69 Å². The van der Waals surface area contributed by atoms with Gasteiger partial charge in [-0.05, 0) is 67.4 Å². The van der Waals surface area contributed by atoms with Gasteiger partial charge in [-0.2, -0.15) is 0 Å². The van der Waals surface area contributed by atoms with E-state index < -0.39 is 0 Å². The standard InChI is InChI=1S/C22H30N2O2S/c1-16(2)18-9-8-17(3)13-20(18)26-15-22(25)23-14-19(21-7-6-12-27-21)24-10-4-5-11-24/h6-9,12-13,16,19H,4-5,10-11,14-15H2,1-3H3,(H,23,25)/t19-/m1/s1. The number of nitrogens with zero attached hydrogens (tertiary/aromatic N) is 1. The molecule has 0 radical (unpaired) electrons. The zero-order valence-electron chi connectivity index (χ0n) is 16.5. The lowest BCUT2D eigenvalue weighted by Gasteiger charge is -2.27. The molecular formula is C22H30N2O2S. The summed E-state index contributed by atoms with van der Waals surface area (Å²) in [4.78, 5) is 16.2. The average molecular weight is 387 g/mol. The van der Waals surface area contributed by atoms with Crippen LogP contribution in [0.1, 0.15) is 54.7 Å². The highest BCUT2D eigenvalue weighted by Gasteiger charge is 2.24. The highest BCUT2D eigenvalue weighted by atomic mass is 32.1. The highest BCUT2D eigenvalue weighted by Crippen LogP contribution is 2.29. The highest BCUT2D eigenvalue weighted by molar-refractivity contribution is 7.10. The molecule has 1 atom stereocenters. The maximum Gasteiger partial charge on any atom is 0.258 e. The van der Waals surface area contributed by atoms with E-state index in [1.807, 2.05) is 13.0 Å². The number of rotatable bonds is 8. The molecule has 1 saturated heterocycles. The number of hydrogen-bond donors (Lipinski definition) is 1. The van der Waals surface area contributed by atoms with Crippen molar-refractivity contribution in [3.63, 3.8) is 0 Å². The normalized spacial score (nSPS) is 15.9. The van der Waals surface area contributed by atoms with Crippen LogP contribution in [0.2, 0.25) is 0 Å². The first-order valence-corrected chi connectivity index (χ1v) is 10.7. The molecule has 5 heteroatoms. The quantitative estimate of drug-likeness (QED) is 0.726. The first-order chi connectivity index (χ1) is 13.0. The molecule has 1 amide bonds. The van der Waals surface area contributed by atoms with Gasteiger partial charge in [0.05, 0.1) is 6.04 Å². The monoisotopic (exact) mass is 386 g/mol. The van der Waals surface area contributed by atoms with Gasteiger partial charge in [0.25, 0.3) is 5.91 Å². The molecule has 1 aromatic heterocycles. The van der Waals surface area contributed by atoms with Gasteiger partial charge in [-0.25, -0.2) is 0 Å². The number of nitrogens with one attached hydrogen (secondary N) is 1. The van der Waals surface area contributed by atoms with Crippen LogP contribution in [0.4, 0.5) is 0 Å². The van der Waals surface area contributed by atoms with Crippen molar-refractivity contribution in [2.75, 3.05) is 26.2 Å². The number of hydrogen-bond acceptors (Lipinski definition) is 4. The second kappa shape index (κ2) is 9.38. The van der Waals surface area contributed by atoms with E-state index >= 15 is 0 Å². The van der Waals surface area contributed by atoms with Gasteiger partial charge >= 0.3 is 0 Å². The number of thiophene rings is 1. The lowest BCUT2D eigenvalue weighted by molar-refractivity contribution is -0.123. The van der Waals surface area contributed by atoms with Gasteiger partial charge in [-0.1, -0.05) is 32.0 Å². The van der Waals surface area contributed by atoms with Crippen LogP contribution in [0.5, 0.6) is 5.75 Å². The van der Waals surface area contributed by atoms with E-state index in [9.17, 15) is 4.79 Å².